The molecule has 0 aliphatic heterocycles. The lowest BCUT2D eigenvalue weighted by Gasteiger charge is -2.10. The van der Waals surface area contributed by atoms with Gasteiger partial charge in [0.2, 0.25) is 0 Å². The molecule has 1 aromatic carbocycles. The van der Waals surface area contributed by atoms with Gasteiger partial charge < -0.3 is 4.90 Å². The minimum Gasteiger partial charge on any atom is -0.305 e. The Morgan fingerprint density at radius 3 is 2.81 bits per heavy atom. The van der Waals surface area contributed by atoms with E-state index in [9.17, 15) is 0 Å². The smallest absolute Gasteiger partial charge is 0.0347 e. The molecule has 2 nitrogen and oxygen atoms in total. The van der Waals surface area contributed by atoms with E-state index >= 15 is 0 Å². The fourth-order valence-electron chi connectivity index (χ4n) is 1.70. The van der Waals surface area contributed by atoms with Crippen LogP contribution in [0.3, 0.4) is 0 Å². The van der Waals surface area contributed by atoms with Crippen LogP contribution in [0.1, 0.15) is 5.56 Å². The van der Waals surface area contributed by atoms with Gasteiger partial charge in [0.05, 0.1) is 0 Å². The number of nitrogens with zero attached hydrogens (tertiary/aromatic N) is 2. The summed E-state index contributed by atoms with van der Waals surface area (Å²) >= 11 is 0. The van der Waals surface area contributed by atoms with Crippen molar-refractivity contribution in [2.45, 2.75) is 6.54 Å². The van der Waals surface area contributed by atoms with Gasteiger partial charge in [-0.3, -0.25) is 4.98 Å². The summed E-state index contributed by atoms with van der Waals surface area (Å²) in [6, 6.07) is 13.5. The second-order valence-electron chi connectivity index (χ2n) is 4.11. The van der Waals surface area contributed by atoms with Crippen LogP contribution in [0.4, 0.5) is 0 Å². The van der Waals surface area contributed by atoms with E-state index in [1.807, 2.05) is 12.3 Å². The highest BCUT2D eigenvalue weighted by atomic mass is 15.0. The second kappa shape index (κ2) is 4.90. The maximum absolute atomic E-state index is 4.09. The first-order valence-electron chi connectivity index (χ1n) is 5.31. The maximum Gasteiger partial charge on any atom is 0.0347 e. The molecule has 0 unspecified atom stereocenters. The molecule has 0 fully saturated rings. The van der Waals surface area contributed by atoms with E-state index in [1.54, 1.807) is 6.20 Å². The van der Waals surface area contributed by atoms with E-state index < -0.39 is 0 Å². The zero-order valence-electron chi connectivity index (χ0n) is 9.64. The first-order valence-corrected chi connectivity index (χ1v) is 5.31. The van der Waals surface area contributed by atoms with Crippen molar-refractivity contribution in [3.63, 3.8) is 0 Å². The fraction of sp³-hybridized carbons (Fsp3) is 0.214. The molecular formula is C14H15N2. The summed E-state index contributed by atoms with van der Waals surface area (Å²) in [5.41, 5.74) is 3.62. The van der Waals surface area contributed by atoms with E-state index in [4.69, 9.17) is 0 Å². The van der Waals surface area contributed by atoms with E-state index in [0.29, 0.717) is 0 Å². The minimum absolute atomic E-state index is 0.956. The van der Waals surface area contributed by atoms with Crippen LogP contribution >= 0.6 is 0 Å². The Bertz CT molecular complexity index is 449. The average molecular weight is 211 g/mol. The Hall–Kier alpha value is -1.67. The SMILES string of the molecule is CN(C)Cc1cccc(-c2c[c]cnc2)c1. The molecule has 0 spiro atoms. The summed E-state index contributed by atoms with van der Waals surface area (Å²) in [4.78, 5) is 6.25. The quantitative estimate of drug-likeness (QED) is 0.775. The standard InChI is InChI=1S/C14H15N2/c1-16(2)11-12-5-3-6-13(9-12)14-7-4-8-15-10-14/h3,5-10H,11H2,1-2H3. The summed E-state index contributed by atoms with van der Waals surface area (Å²) < 4.78 is 0. The Kier molecular flexibility index (Phi) is 3.32. The molecule has 2 heteroatoms. The van der Waals surface area contributed by atoms with E-state index in [0.717, 1.165) is 12.1 Å². The highest BCUT2D eigenvalue weighted by Gasteiger charge is 2.00. The molecule has 0 aliphatic rings. The van der Waals surface area contributed by atoms with Crippen molar-refractivity contribution in [1.82, 2.24) is 9.88 Å². The maximum atomic E-state index is 4.09. The van der Waals surface area contributed by atoms with Crippen molar-refractivity contribution in [2.75, 3.05) is 14.1 Å². The third-order valence-electron chi connectivity index (χ3n) is 2.36. The van der Waals surface area contributed by atoms with Crippen LogP contribution in [0.25, 0.3) is 11.1 Å². The van der Waals surface area contributed by atoms with Crippen LogP contribution in [0.5, 0.6) is 0 Å². The monoisotopic (exact) mass is 211 g/mol. The first-order chi connectivity index (χ1) is 7.75. The van der Waals surface area contributed by atoms with Crippen LogP contribution in [-0.4, -0.2) is 24.0 Å². The predicted octanol–water partition coefficient (Wildman–Crippen LogP) is 2.61. The summed E-state index contributed by atoms with van der Waals surface area (Å²) in [5.74, 6) is 0. The number of aromatic nitrogens is 1. The van der Waals surface area contributed by atoms with Gasteiger partial charge in [0.25, 0.3) is 0 Å². The Labute approximate surface area is 96.6 Å². The highest BCUT2D eigenvalue weighted by Crippen LogP contribution is 2.19. The molecule has 0 amide bonds. The Morgan fingerprint density at radius 2 is 2.12 bits per heavy atom. The molecule has 1 aromatic heterocycles. The van der Waals surface area contributed by atoms with Gasteiger partial charge in [0.1, 0.15) is 0 Å². The van der Waals surface area contributed by atoms with Gasteiger partial charge >= 0.3 is 0 Å². The summed E-state index contributed by atoms with van der Waals surface area (Å²) in [6.45, 7) is 0.956. The predicted molar refractivity (Wildman–Crippen MR) is 65.9 cm³/mol. The van der Waals surface area contributed by atoms with Gasteiger partial charge in [0.15, 0.2) is 0 Å². The molecule has 2 aromatic rings. The van der Waals surface area contributed by atoms with Gasteiger partial charge in [-0.1, -0.05) is 18.2 Å². The third-order valence-corrected chi connectivity index (χ3v) is 2.36. The topological polar surface area (TPSA) is 16.1 Å². The van der Waals surface area contributed by atoms with Gasteiger partial charge in [0, 0.05) is 30.6 Å². The molecular weight excluding hydrogens is 196 g/mol. The van der Waals surface area contributed by atoms with Crippen molar-refractivity contribution < 1.29 is 0 Å². The molecule has 0 saturated heterocycles. The second-order valence-corrected chi connectivity index (χ2v) is 4.11. The number of pyridine rings is 1. The highest BCUT2D eigenvalue weighted by molar-refractivity contribution is 5.62. The molecule has 0 saturated carbocycles. The molecule has 0 bridgehead atoms. The van der Waals surface area contributed by atoms with Gasteiger partial charge in [-0.15, -0.1) is 0 Å². The molecule has 1 heterocycles. The molecule has 0 N–H and O–H groups in total. The van der Waals surface area contributed by atoms with Gasteiger partial charge in [-0.25, -0.2) is 0 Å². The van der Waals surface area contributed by atoms with Gasteiger partial charge in [-0.05, 0) is 37.4 Å². The van der Waals surface area contributed by atoms with Crippen molar-refractivity contribution in [2.24, 2.45) is 0 Å². The molecule has 2 rings (SSSR count). The van der Waals surface area contributed by atoms with Gasteiger partial charge in [-0.2, -0.15) is 0 Å². The first kappa shape index (κ1) is 10.8. The van der Waals surface area contributed by atoms with Crippen LogP contribution in [0.15, 0.2) is 42.7 Å². The number of hydrogen-bond acceptors (Lipinski definition) is 2. The van der Waals surface area contributed by atoms with E-state index in [1.165, 1.54) is 11.1 Å². The van der Waals surface area contributed by atoms with Crippen molar-refractivity contribution in [1.29, 1.82) is 0 Å². The normalized spacial score (nSPS) is 10.7. The Balaban J connectivity index is 2.29. The largest absolute Gasteiger partial charge is 0.305 e. The number of hydrogen-bond donors (Lipinski definition) is 0. The van der Waals surface area contributed by atoms with Crippen molar-refractivity contribution in [3.05, 3.63) is 54.4 Å². The molecule has 0 aliphatic carbocycles. The summed E-state index contributed by atoms with van der Waals surface area (Å²) in [6.07, 6.45) is 3.54. The lowest BCUT2D eigenvalue weighted by Crippen LogP contribution is -2.10. The average Bonchev–Trinajstić information content (AvgIpc) is 2.30. The van der Waals surface area contributed by atoms with Crippen LogP contribution < -0.4 is 0 Å². The number of rotatable bonds is 3. The van der Waals surface area contributed by atoms with Crippen LogP contribution in [0.2, 0.25) is 0 Å². The molecule has 81 valence electrons. The molecule has 16 heavy (non-hydrogen) atoms. The lowest BCUT2D eigenvalue weighted by atomic mass is 10.0. The minimum atomic E-state index is 0.956. The van der Waals surface area contributed by atoms with Crippen LogP contribution in [0, 0.1) is 6.07 Å². The summed E-state index contributed by atoms with van der Waals surface area (Å²) in [7, 11) is 4.15. The zero-order valence-corrected chi connectivity index (χ0v) is 9.64. The summed E-state index contributed by atoms with van der Waals surface area (Å²) in [5, 5.41) is 0. The van der Waals surface area contributed by atoms with Crippen molar-refractivity contribution >= 4 is 0 Å². The number of benzene rings is 1. The lowest BCUT2D eigenvalue weighted by molar-refractivity contribution is 0.402. The third kappa shape index (κ3) is 2.67. The van der Waals surface area contributed by atoms with E-state index in [-0.39, 0.29) is 0 Å². The van der Waals surface area contributed by atoms with Crippen LogP contribution in [-0.2, 0) is 6.54 Å². The molecule has 0 atom stereocenters. The van der Waals surface area contributed by atoms with E-state index in [2.05, 4.69) is 54.3 Å². The Morgan fingerprint density at radius 1 is 1.25 bits per heavy atom. The molecule has 1 radical (unpaired) electrons. The van der Waals surface area contributed by atoms with Crippen molar-refractivity contribution in [3.8, 4) is 11.1 Å². The zero-order chi connectivity index (χ0) is 11.4. The fourth-order valence-corrected chi connectivity index (χ4v) is 1.70.